The molecule has 1 N–H and O–H groups in total. The Morgan fingerprint density at radius 3 is 2.51 bits per heavy atom. The molecule has 5 fully saturated rings. The van der Waals surface area contributed by atoms with E-state index in [0.29, 0.717) is 59.0 Å². The zero-order valence-corrected chi connectivity index (χ0v) is 21.0. The van der Waals surface area contributed by atoms with Gasteiger partial charge in [0.05, 0.1) is 22.9 Å². The fourth-order valence-corrected chi connectivity index (χ4v) is 8.08. The smallest absolute Gasteiger partial charge is 0.258 e. The van der Waals surface area contributed by atoms with Crippen LogP contribution in [0.4, 0.5) is 0 Å². The Bertz CT molecular complexity index is 1210. The molecule has 0 spiro atoms. The van der Waals surface area contributed by atoms with Crippen molar-refractivity contribution in [3.05, 3.63) is 39.4 Å². The summed E-state index contributed by atoms with van der Waals surface area (Å²) in [6, 6.07) is 4.56. The van der Waals surface area contributed by atoms with Crippen molar-refractivity contribution >= 4 is 34.3 Å². The Balaban J connectivity index is 1.22. The van der Waals surface area contributed by atoms with E-state index < -0.39 is 6.04 Å². The maximum absolute atomic E-state index is 14.0. The lowest BCUT2D eigenvalue weighted by Gasteiger charge is -2.56. The summed E-state index contributed by atoms with van der Waals surface area (Å²) in [5.74, 6) is 2.69. The van der Waals surface area contributed by atoms with Gasteiger partial charge in [0.15, 0.2) is 0 Å². The number of likely N-dealkylation sites (N-methyl/N-ethyl adjacent to an activating group) is 1. The first-order valence-electron chi connectivity index (χ1n) is 13.1. The number of carbonyl (C=O) groups excluding carboxylic acids is 2. The molecule has 4 bridgehead atoms. The van der Waals surface area contributed by atoms with Gasteiger partial charge in [0, 0.05) is 18.1 Å². The molecule has 35 heavy (non-hydrogen) atoms. The Hall–Kier alpha value is -2.41. The van der Waals surface area contributed by atoms with Gasteiger partial charge < -0.3 is 14.8 Å². The van der Waals surface area contributed by atoms with Crippen LogP contribution in [0.2, 0.25) is 5.02 Å². The van der Waals surface area contributed by atoms with Crippen LogP contribution in [0.5, 0.6) is 0 Å². The predicted octanol–water partition coefficient (Wildman–Crippen LogP) is 4.13. The fourth-order valence-electron chi connectivity index (χ4n) is 7.92. The van der Waals surface area contributed by atoms with Gasteiger partial charge in [0.1, 0.15) is 11.9 Å². The first-order valence-corrected chi connectivity index (χ1v) is 13.5. The van der Waals surface area contributed by atoms with Crippen LogP contribution in [0.3, 0.4) is 0 Å². The Morgan fingerprint density at radius 2 is 1.86 bits per heavy atom. The van der Waals surface area contributed by atoms with Crippen LogP contribution >= 0.6 is 11.6 Å². The quantitative estimate of drug-likeness (QED) is 0.674. The number of benzene rings is 1. The van der Waals surface area contributed by atoms with Crippen LogP contribution in [0.1, 0.15) is 64.1 Å². The van der Waals surface area contributed by atoms with E-state index in [4.69, 9.17) is 11.6 Å². The van der Waals surface area contributed by atoms with E-state index in [1.165, 1.54) is 19.3 Å². The van der Waals surface area contributed by atoms with Gasteiger partial charge in [0.25, 0.3) is 5.56 Å². The monoisotopic (exact) mass is 496 g/mol. The average Bonchev–Trinajstić information content (AvgIpc) is 3.30. The number of aromatic amines is 1. The van der Waals surface area contributed by atoms with Gasteiger partial charge in [0.2, 0.25) is 11.8 Å². The lowest BCUT2D eigenvalue weighted by atomic mass is 9.49. The van der Waals surface area contributed by atoms with Crippen molar-refractivity contribution < 1.29 is 9.59 Å². The molecule has 1 aromatic heterocycles. The van der Waals surface area contributed by atoms with Crippen molar-refractivity contribution in [1.29, 1.82) is 0 Å². The third-order valence-electron chi connectivity index (χ3n) is 9.04. The van der Waals surface area contributed by atoms with Gasteiger partial charge in [-0.05, 0) is 94.2 Å². The number of nitrogens with one attached hydrogen (secondary N) is 1. The van der Waals surface area contributed by atoms with Gasteiger partial charge >= 0.3 is 0 Å². The zero-order chi connectivity index (χ0) is 24.3. The highest BCUT2D eigenvalue weighted by Crippen LogP contribution is 2.60. The molecule has 1 aromatic carbocycles. The minimum atomic E-state index is -0.419. The van der Waals surface area contributed by atoms with Crippen molar-refractivity contribution in [3.8, 4) is 0 Å². The van der Waals surface area contributed by atoms with E-state index in [2.05, 4.69) is 9.97 Å². The molecule has 7 nitrogen and oxygen atoms in total. The summed E-state index contributed by atoms with van der Waals surface area (Å²) >= 11 is 6.10. The molecule has 4 aliphatic carbocycles. The zero-order valence-electron chi connectivity index (χ0n) is 20.3. The van der Waals surface area contributed by atoms with Crippen molar-refractivity contribution in [3.63, 3.8) is 0 Å². The third-order valence-corrected chi connectivity index (χ3v) is 9.28. The number of rotatable bonds is 5. The molecule has 1 atom stereocenters. The molecule has 1 saturated heterocycles. The van der Waals surface area contributed by atoms with E-state index in [1.54, 1.807) is 23.1 Å². The summed E-state index contributed by atoms with van der Waals surface area (Å²) in [4.78, 5) is 51.3. The van der Waals surface area contributed by atoms with Crippen molar-refractivity contribution in [2.24, 2.45) is 23.2 Å². The predicted molar refractivity (Wildman–Crippen MR) is 134 cm³/mol. The Morgan fingerprint density at radius 1 is 1.17 bits per heavy atom. The molecule has 2 amide bonds. The number of fused-ring (bicyclic) bond motifs is 1. The highest BCUT2D eigenvalue weighted by atomic mass is 35.5. The number of carbonyl (C=O) groups is 2. The molecule has 0 radical (unpaired) electrons. The van der Waals surface area contributed by atoms with E-state index >= 15 is 0 Å². The molecule has 0 unspecified atom stereocenters. The van der Waals surface area contributed by atoms with Crippen molar-refractivity contribution in [2.75, 3.05) is 13.1 Å². The van der Waals surface area contributed by atoms with Crippen LogP contribution in [0.25, 0.3) is 10.9 Å². The summed E-state index contributed by atoms with van der Waals surface area (Å²) in [6.45, 7) is 3.27. The number of hydrogen-bond acceptors (Lipinski definition) is 4. The van der Waals surface area contributed by atoms with Gasteiger partial charge in [-0.2, -0.15) is 0 Å². The largest absolute Gasteiger partial charge is 0.334 e. The summed E-state index contributed by atoms with van der Waals surface area (Å²) in [5.41, 5.74) is 0.0305. The Kier molecular flexibility index (Phi) is 5.66. The summed E-state index contributed by atoms with van der Waals surface area (Å²) < 4.78 is 0. The van der Waals surface area contributed by atoms with E-state index in [-0.39, 0.29) is 29.3 Å². The number of likely N-dealkylation sites (tertiary alicyclic amines) is 1. The van der Waals surface area contributed by atoms with Gasteiger partial charge in [-0.1, -0.05) is 11.6 Å². The first kappa shape index (κ1) is 23.0. The molecule has 2 heterocycles. The van der Waals surface area contributed by atoms with Crippen LogP contribution in [-0.2, 0) is 16.1 Å². The summed E-state index contributed by atoms with van der Waals surface area (Å²) in [7, 11) is 0. The topological polar surface area (TPSA) is 86.4 Å². The molecule has 1 aliphatic heterocycles. The SMILES string of the molecule is CCN(Cc1nc2cc(Cl)ccc2c(=O)[nH]1)C(=O)[C@@H]1CCCN1C(=O)C12CC3CC(CC(C3)C1)C2. The van der Waals surface area contributed by atoms with Crippen LogP contribution < -0.4 is 5.56 Å². The maximum Gasteiger partial charge on any atom is 0.258 e. The number of aromatic nitrogens is 2. The van der Waals surface area contributed by atoms with Gasteiger partial charge in [-0.3, -0.25) is 14.4 Å². The van der Waals surface area contributed by atoms with Crippen LogP contribution in [-0.4, -0.2) is 50.7 Å². The second-order valence-electron chi connectivity index (χ2n) is 11.4. The van der Waals surface area contributed by atoms with E-state index in [1.807, 2.05) is 11.8 Å². The summed E-state index contributed by atoms with van der Waals surface area (Å²) in [5, 5.41) is 0.977. The minimum absolute atomic E-state index is 0.0445. The lowest BCUT2D eigenvalue weighted by Crippen LogP contribution is -2.57. The molecule has 8 heteroatoms. The molecular formula is C27H33ClN4O3. The van der Waals surface area contributed by atoms with Crippen LogP contribution in [0, 0.1) is 23.2 Å². The van der Waals surface area contributed by atoms with Crippen molar-refractivity contribution in [1.82, 2.24) is 19.8 Å². The molecule has 5 aliphatic rings. The second-order valence-corrected chi connectivity index (χ2v) is 11.8. The summed E-state index contributed by atoms with van der Waals surface area (Å²) in [6.07, 6.45) is 8.47. The highest BCUT2D eigenvalue weighted by molar-refractivity contribution is 6.31. The standard InChI is InChI=1S/C27H33ClN4O3/c1-2-31(15-23-29-21-11-19(28)5-6-20(21)24(33)30-23)25(34)22-4-3-7-32(22)26(35)27-12-16-8-17(13-27)10-18(9-16)14-27/h5-6,11,16-18,22H,2-4,7-10,12-15H2,1H3,(H,29,30,33)/t16?,17?,18?,22-,27?/m0/s1. The number of halogens is 1. The average molecular weight is 497 g/mol. The molecule has 7 rings (SSSR count). The third kappa shape index (κ3) is 3.96. The normalized spacial score (nSPS) is 31.3. The molecule has 2 aromatic rings. The lowest BCUT2D eigenvalue weighted by molar-refractivity contribution is -0.162. The molecule has 4 saturated carbocycles. The van der Waals surface area contributed by atoms with E-state index in [9.17, 15) is 14.4 Å². The number of H-pyrrole nitrogens is 1. The van der Waals surface area contributed by atoms with Gasteiger partial charge in [-0.15, -0.1) is 0 Å². The number of amides is 2. The first-order chi connectivity index (χ1) is 16.8. The molecular weight excluding hydrogens is 464 g/mol. The van der Waals surface area contributed by atoms with Crippen molar-refractivity contribution in [2.45, 2.75) is 70.9 Å². The number of hydrogen-bond donors (Lipinski definition) is 1. The maximum atomic E-state index is 14.0. The highest BCUT2D eigenvalue weighted by Gasteiger charge is 2.57. The Labute approximate surface area is 210 Å². The van der Waals surface area contributed by atoms with Gasteiger partial charge in [-0.25, -0.2) is 4.98 Å². The second kappa shape index (κ2) is 8.61. The van der Waals surface area contributed by atoms with Crippen LogP contribution in [0.15, 0.2) is 23.0 Å². The molecule has 186 valence electrons. The fraction of sp³-hybridized carbons (Fsp3) is 0.630. The number of nitrogens with zero attached hydrogens (tertiary/aromatic N) is 3. The minimum Gasteiger partial charge on any atom is -0.334 e. The van der Waals surface area contributed by atoms with E-state index in [0.717, 1.165) is 25.7 Å².